The Hall–Kier alpha value is -3.20. The van der Waals surface area contributed by atoms with Crippen LogP contribution >= 0.6 is 0 Å². The lowest BCUT2D eigenvalue weighted by Gasteiger charge is -2.41. The smallest absolute Gasteiger partial charge is 0.407 e. The van der Waals surface area contributed by atoms with Gasteiger partial charge in [0.05, 0.1) is 12.6 Å². The molecule has 1 aliphatic heterocycles. The highest BCUT2D eigenvalue weighted by Crippen LogP contribution is 2.19. The zero-order valence-corrected chi connectivity index (χ0v) is 20.3. The van der Waals surface area contributed by atoms with Gasteiger partial charge in [0.25, 0.3) is 5.96 Å². The molecular weight excluding hydrogens is 454 g/mol. The third kappa shape index (κ3) is 11.6. The zero-order valence-electron chi connectivity index (χ0n) is 20.3. The fourth-order valence-corrected chi connectivity index (χ4v) is 2.99. The lowest BCUT2D eigenvalue weighted by molar-refractivity contribution is -0.486. The van der Waals surface area contributed by atoms with Crippen molar-refractivity contribution in [3.05, 3.63) is 10.1 Å². The average molecular weight is 492 g/mol. The lowest BCUT2D eigenvalue weighted by atomic mass is 10.0. The van der Waals surface area contributed by atoms with Gasteiger partial charge >= 0.3 is 6.09 Å². The largest absolute Gasteiger partial charge is 0.449 e. The minimum atomic E-state index is -0.904. The van der Waals surface area contributed by atoms with Crippen molar-refractivity contribution in [2.24, 2.45) is 16.8 Å². The van der Waals surface area contributed by atoms with Crippen LogP contribution in [0.15, 0.2) is 5.10 Å². The molecule has 0 aromatic heterocycles. The first-order valence-electron chi connectivity index (χ1n) is 10.9. The molecule has 0 aromatic rings. The van der Waals surface area contributed by atoms with E-state index in [1.54, 1.807) is 6.92 Å². The summed E-state index contributed by atoms with van der Waals surface area (Å²) in [6.45, 7) is 7.54. The van der Waals surface area contributed by atoms with Gasteiger partial charge < -0.3 is 41.2 Å². The summed E-state index contributed by atoms with van der Waals surface area (Å²) < 4.78 is 10.6. The summed E-state index contributed by atoms with van der Waals surface area (Å²) in [7, 11) is 1.00. The molecule has 1 rings (SSSR count). The van der Waals surface area contributed by atoms with Gasteiger partial charge in [-0.05, 0) is 32.6 Å². The van der Waals surface area contributed by atoms with Crippen molar-refractivity contribution >= 4 is 23.9 Å². The fourth-order valence-electron chi connectivity index (χ4n) is 2.99. The molecule has 15 heteroatoms. The van der Waals surface area contributed by atoms with Gasteiger partial charge in [0.1, 0.15) is 17.7 Å². The standard InChI is InChI=1S/C18H33N7O7.CH4O/c1-5-31-16-13(7-6-8-24(16)17(19)23-25(29)30)22-15(27)12(4)21-14(26)9-20-18(28)32-10-11(2)3;1-2/h11-13,16H,5-10H2,1-4H3,(H2,19,23)(H,20,28)(H,21,26)(H,22,27);2H,1H3/t12-,13-,16?;/m0./s1. The van der Waals surface area contributed by atoms with Crippen LogP contribution in [-0.2, 0) is 19.1 Å². The molecule has 3 amide bonds. The second-order valence-corrected chi connectivity index (χ2v) is 7.63. The molecule has 1 unspecified atom stereocenters. The van der Waals surface area contributed by atoms with Crippen LogP contribution in [0.1, 0.15) is 40.5 Å². The van der Waals surface area contributed by atoms with Gasteiger partial charge in [-0.3, -0.25) is 9.59 Å². The highest BCUT2D eigenvalue weighted by molar-refractivity contribution is 5.89. The minimum absolute atomic E-state index is 0.163. The van der Waals surface area contributed by atoms with Crippen molar-refractivity contribution in [3.8, 4) is 0 Å². The number of hydrogen-bond acceptors (Lipinski definition) is 8. The van der Waals surface area contributed by atoms with Gasteiger partial charge in [-0.15, -0.1) is 0 Å². The van der Waals surface area contributed by atoms with E-state index in [0.717, 1.165) is 7.11 Å². The van der Waals surface area contributed by atoms with Gasteiger partial charge in [0.15, 0.2) is 11.3 Å². The quantitative estimate of drug-likeness (QED) is 0.108. The summed E-state index contributed by atoms with van der Waals surface area (Å²) in [5.74, 6) is -1.20. The molecule has 1 fully saturated rings. The summed E-state index contributed by atoms with van der Waals surface area (Å²) in [5.41, 5.74) is 5.72. The number of carbonyl (C=O) groups is 3. The molecule has 0 radical (unpaired) electrons. The molecule has 0 spiro atoms. The molecule has 0 bridgehead atoms. The molecular formula is C19H37N7O8. The number of guanidine groups is 1. The number of piperidine rings is 1. The van der Waals surface area contributed by atoms with Crippen molar-refractivity contribution in [1.29, 1.82) is 0 Å². The first-order valence-corrected chi connectivity index (χ1v) is 10.9. The minimum Gasteiger partial charge on any atom is -0.449 e. The monoisotopic (exact) mass is 491 g/mol. The second kappa shape index (κ2) is 16.4. The van der Waals surface area contributed by atoms with Gasteiger partial charge in [-0.1, -0.05) is 13.8 Å². The Morgan fingerprint density at radius 3 is 2.50 bits per heavy atom. The maximum Gasteiger partial charge on any atom is 0.407 e. The number of aliphatic hydroxyl groups is 1. The zero-order chi connectivity index (χ0) is 26.3. The SMILES string of the molecule is CCOC1[C@@H](NC(=O)[C@H](C)NC(=O)CNC(=O)OCC(C)C)CCCN1/C(N)=N\[N+](=O)[O-].CO. The number of nitrogens with two attached hydrogens (primary N) is 1. The molecule has 0 aliphatic carbocycles. The molecule has 6 N–H and O–H groups in total. The van der Waals surface area contributed by atoms with E-state index in [2.05, 4.69) is 21.1 Å². The number of ether oxygens (including phenoxy) is 2. The van der Waals surface area contributed by atoms with E-state index in [0.29, 0.717) is 19.4 Å². The predicted molar refractivity (Wildman–Crippen MR) is 122 cm³/mol. The third-order valence-corrected chi connectivity index (χ3v) is 4.42. The fraction of sp³-hybridized carbons (Fsp3) is 0.789. The summed E-state index contributed by atoms with van der Waals surface area (Å²) in [5, 5.41) is 27.5. The number of rotatable bonds is 10. The van der Waals surface area contributed by atoms with E-state index in [9.17, 15) is 24.5 Å². The van der Waals surface area contributed by atoms with E-state index in [1.807, 2.05) is 13.8 Å². The van der Waals surface area contributed by atoms with Gasteiger partial charge in [0.2, 0.25) is 11.8 Å². The van der Waals surface area contributed by atoms with Crippen LogP contribution in [-0.4, -0.2) is 90.6 Å². The van der Waals surface area contributed by atoms with Crippen LogP contribution < -0.4 is 21.7 Å². The Morgan fingerprint density at radius 2 is 1.94 bits per heavy atom. The van der Waals surface area contributed by atoms with Crippen molar-refractivity contribution < 1.29 is 34.0 Å². The van der Waals surface area contributed by atoms with Crippen LogP contribution in [0.2, 0.25) is 0 Å². The van der Waals surface area contributed by atoms with Crippen molar-refractivity contribution in [2.45, 2.75) is 58.8 Å². The summed E-state index contributed by atoms with van der Waals surface area (Å²) >= 11 is 0. The van der Waals surface area contributed by atoms with Crippen LogP contribution in [0.4, 0.5) is 4.79 Å². The summed E-state index contributed by atoms with van der Waals surface area (Å²) in [6, 6.07) is -1.43. The number of carbonyl (C=O) groups excluding carboxylic acids is 3. The van der Waals surface area contributed by atoms with Crippen molar-refractivity contribution in [3.63, 3.8) is 0 Å². The highest BCUT2D eigenvalue weighted by Gasteiger charge is 2.36. The maximum absolute atomic E-state index is 12.6. The van der Waals surface area contributed by atoms with Crippen LogP contribution in [0.25, 0.3) is 0 Å². The Labute approximate surface area is 198 Å². The number of hydrazone groups is 1. The third-order valence-electron chi connectivity index (χ3n) is 4.42. The summed E-state index contributed by atoms with van der Waals surface area (Å²) in [6.07, 6.45) is -0.336. The number of hydrogen-bond donors (Lipinski definition) is 5. The van der Waals surface area contributed by atoms with Gasteiger partial charge in [-0.2, -0.15) is 0 Å². The molecule has 0 saturated carbocycles. The molecule has 34 heavy (non-hydrogen) atoms. The first kappa shape index (κ1) is 30.8. The Kier molecular flexibility index (Phi) is 14.9. The Morgan fingerprint density at radius 1 is 1.29 bits per heavy atom. The molecule has 3 atom stereocenters. The number of nitro groups is 1. The van der Waals surface area contributed by atoms with E-state index in [-0.39, 0.29) is 31.6 Å². The molecule has 0 aromatic carbocycles. The highest BCUT2D eigenvalue weighted by atomic mass is 16.7. The van der Waals surface area contributed by atoms with E-state index in [1.165, 1.54) is 11.8 Å². The van der Waals surface area contributed by atoms with Crippen molar-refractivity contribution in [1.82, 2.24) is 20.9 Å². The van der Waals surface area contributed by atoms with E-state index < -0.39 is 41.3 Å². The van der Waals surface area contributed by atoms with Crippen LogP contribution in [0.5, 0.6) is 0 Å². The summed E-state index contributed by atoms with van der Waals surface area (Å²) in [4.78, 5) is 48.2. The number of aliphatic hydroxyl groups excluding tert-OH is 1. The van der Waals surface area contributed by atoms with Crippen LogP contribution in [0.3, 0.4) is 0 Å². The number of nitrogens with one attached hydrogen (secondary N) is 3. The Bertz CT molecular complexity index is 704. The first-order chi connectivity index (χ1) is 16.0. The van der Waals surface area contributed by atoms with Crippen molar-refractivity contribution in [2.75, 3.05) is 33.4 Å². The number of likely N-dealkylation sites (tertiary alicyclic amines) is 1. The molecule has 15 nitrogen and oxygen atoms in total. The lowest BCUT2D eigenvalue weighted by Crippen LogP contribution is -2.61. The number of nitrogens with zero attached hydrogens (tertiary/aromatic N) is 3. The van der Waals surface area contributed by atoms with E-state index >= 15 is 0 Å². The maximum atomic E-state index is 12.6. The molecule has 196 valence electrons. The number of alkyl carbamates (subject to hydrolysis) is 1. The molecule has 1 heterocycles. The molecule has 1 aliphatic rings. The number of amides is 3. The molecule has 1 saturated heterocycles. The second-order valence-electron chi connectivity index (χ2n) is 7.63. The normalized spacial score (nSPS) is 18.8. The average Bonchev–Trinajstić information content (AvgIpc) is 2.78. The topological polar surface area (TPSA) is 211 Å². The van der Waals surface area contributed by atoms with Gasteiger partial charge in [0, 0.05) is 20.3 Å². The van der Waals surface area contributed by atoms with Gasteiger partial charge in [-0.25, -0.2) is 14.9 Å². The Balaban J connectivity index is 0.00000529. The van der Waals surface area contributed by atoms with Crippen LogP contribution in [0, 0.1) is 16.0 Å². The predicted octanol–water partition coefficient (Wildman–Crippen LogP) is -1.07. The van der Waals surface area contributed by atoms with E-state index in [4.69, 9.17) is 20.3 Å².